The van der Waals surface area contributed by atoms with Gasteiger partial charge in [0, 0.05) is 5.56 Å². The Bertz CT molecular complexity index is 1160. The number of benzene rings is 2. The van der Waals surface area contributed by atoms with Gasteiger partial charge in [0.1, 0.15) is 17.3 Å². The maximum Gasteiger partial charge on any atom is 0.416 e. The van der Waals surface area contributed by atoms with Gasteiger partial charge in [-0.25, -0.2) is 4.79 Å². The molecule has 1 atom stereocenters. The molecule has 3 rings (SSSR count). The molecule has 1 unspecified atom stereocenters. The summed E-state index contributed by atoms with van der Waals surface area (Å²) in [5, 5.41) is 9.47. The lowest BCUT2D eigenvalue weighted by Crippen LogP contribution is -2.26. The Morgan fingerprint density at radius 2 is 1.90 bits per heavy atom. The summed E-state index contributed by atoms with van der Waals surface area (Å²) < 4.78 is 46.0. The molecule has 1 amide bonds. The van der Waals surface area contributed by atoms with Crippen molar-refractivity contribution in [3.8, 4) is 5.75 Å². The van der Waals surface area contributed by atoms with E-state index in [-0.39, 0.29) is 10.4 Å². The fourth-order valence-corrected chi connectivity index (χ4v) is 3.87. The molecule has 1 heterocycles. The van der Waals surface area contributed by atoms with E-state index in [1.54, 1.807) is 18.2 Å². The maximum atomic E-state index is 12.9. The predicted octanol–water partition coefficient (Wildman–Crippen LogP) is 4.12. The summed E-state index contributed by atoms with van der Waals surface area (Å²) >= 11 is 1.04. The van der Waals surface area contributed by atoms with E-state index in [1.165, 1.54) is 24.7 Å². The number of hydrogen-bond acceptors (Lipinski definition) is 4. The smallest absolute Gasteiger partial charge is 0.416 e. The van der Waals surface area contributed by atoms with Crippen molar-refractivity contribution in [2.24, 2.45) is 4.99 Å². The number of carbonyl (C=O) groups excluding carboxylic acids is 1. The largest absolute Gasteiger partial charge is 0.495 e. The van der Waals surface area contributed by atoms with Gasteiger partial charge in [0.25, 0.3) is 5.91 Å². The molecule has 152 valence electrons. The van der Waals surface area contributed by atoms with Crippen molar-refractivity contribution in [3.63, 3.8) is 0 Å². The molecule has 10 heteroatoms. The van der Waals surface area contributed by atoms with Crippen LogP contribution < -0.4 is 9.54 Å². The van der Waals surface area contributed by atoms with Gasteiger partial charge in [0.05, 0.1) is 17.4 Å². The van der Waals surface area contributed by atoms with E-state index in [9.17, 15) is 27.9 Å². The first-order valence-electron chi connectivity index (χ1n) is 8.30. The Hall–Kier alpha value is -3.14. The van der Waals surface area contributed by atoms with Gasteiger partial charge >= 0.3 is 12.1 Å². The number of para-hydroxylation sites is 1. The van der Waals surface area contributed by atoms with Crippen molar-refractivity contribution < 1.29 is 32.6 Å². The molecule has 2 aromatic carbocycles. The third-order valence-electron chi connectivity index (χ3n) is 4.21. The Balaban J connectivity index is 2.21. The van der Waals surface area contributed by atoms with Gasteiger partial charge in [-0.2, -0.15) is 18.2 Å². The number of carboxylic acid groups (broad SMARTS) is 1. The van der Waals surface area contributed by atoms with Crippen LogP contribution in [-0.4, -0.2) is 28.7 Å². The van der Waals surface area contributed by atoms with Crippen LogP contribution in [0.3, 0.4) is 0 Å². The van der Waals surface area contributed by atoms with Crippen molar-refractivity contribution in [2.45, 2.75) is 19.1 Å². The molecule has 29 heavy (non-hydrogen) atoms. The molecule has 0 saturated carbocycles. The monoisotopic (exact) mass is 424 g/mol. The molecule has 0 aliphatic carbocycles. The molecule has 0 fully saturated rings. The van der Waals surface area contributed by atoms with E-state index >= 15 is 0 Å². The number of aromatic nitrogens is 1. The Morgan fingerprint density at radius 3 is 2.52 bits per heavy atom. The zero-order valence-corrected chi connectivity index (χ0v) is 16.0. The Labute approximate surface area is 166 Å². The minimum atomic E-state index is -4.60. The highest BCUT2D eigenvalue weighted by Gasteiger charge is 2.31. The van der Waals surface area contributed by atoms with Crippen molar-refractivity contribution in [1.82, 2.24) is 4.57 Å². The maximum absolute atomic E-state index is 12.9. The second-order valence-corrected chi connectivity index (χ2v) is 7.08. The highest BCUT2D eigenvalue weighted by molar-refractivity contribution is 7.16. The number of carboxylic acids is 1. The number of aliphatic carboxylic acids is 1. The van der Waals surface area contributed by atoms with E-state index in [2.05, 4.69) is 4.99 Å². The first-order valence-corrected chi connectivity index (χ1v) is 9.12. The molecule has 3 aromatic rings. The van der Waals surface area contributed by atoms with E-state index in [1.807, 2.05) is 0 Å². The van der Waals surface area contributed by atoms with Crippen LogP contribution in [0.4, 0.5) is 13.2 Å². The van der Waals surface area contributed by atoms with Gasteiger partial charge in [-0.05, 0) is 37.3 Å². The van der Waals surface area contributed by atoms with Crippen molar-refractivity contribution in [2.75, 3.05) is 7.11 Å². The van der Waals surface area contributed by atoms with Crippen LogP contribution in [0.25, 0.3) is 10.2 Å². The molecule has 0 radical (unpaired) electrons. The van der Waals surface area contributed by atoms with Crippen molar-refractivity contribution in [3.05, 3.63) is 58.4 Å². The summed E-state index contributed by atoms with van der Waals surface area (Å²) in [7, 11) is 1.42. The number of nitrogens with zero attached hydrogens (tertiary/aromatic N) is 2. The van der Waals surface area contributed by atoms with Gasteiger partial charge in [-0.15, -0.1) is 0 Å². The lowest BCUT2D eigenvalue weighted by molar-refractivity contribution is -0.140. The number of alkyl halides is 3. The summed E-state index contributed by atoms with van der Waals surface area (Å²) in [6.07, 6.45) is -4.60. The summed E-state index contributed by atoms with van der Waals surface area (Å²) in [6, 6.07) is 7.87. The number of amides is 1. The Kier molecular flexibility index (Phi) is 5.47. The molecular formula is C19H15F3N2O4S. The lowest BCUT2D eigenvalue weighted by Gasteiger charge is -2.12. The van der Waals surface area contributed by atoms with Gasteiger partial charge < -0.3 is 9.84 Å². The summed E-state index contributed by atoms with van der Waals surface area (Å²) in [4.78, 5) is 28.1. The number of ether oxygens (including phenoxy) is 1. The first kappa shape index (κ1) is 20.6. The predicted molar refractivity (Wildman–Crippen MR) is 100 cm³/mol. The zero-order valence-electron chi connectivity index (χ0n) is 15.2. The molecule has 6 nitrogen and oxygen atoms in total. The number of rotatable bonds is 4. The molecule has 0 bridgehead atoms. The summed E-state index contributed by atoms with van der Waals surface area (Å²) in [5.41, 5.74) is -0.785. The number of halogens is 3. The van der Waals surface area contributed by atoms with Gasteiger partial charge in [-0.3, -0.25) is 9.36 Å². The van der Waals surface area contributed by atoms with Crippen LogP contribution in [0.5, 0.6) is 5.75 Å². The minimum absolute atomic E-state index is 0.0433. The average molecular weight is 424 g/mol. The van der Waals surface area contributed by atoms with Crippen molar-refractivity contribution >= 4 is 33.4 Å². The van der Waals surface area contributed by atoms with Crippen LogP contribution in [0.1, 0.15) is 28.9 Å². The van der Waals surface area contributed by atoms with Gasteiger partial charge in [0.15, 0.2) is 4.80 Å². The molecule has 0 aliphatic rings. The number of methoxy groups -OCH3 is 1. The second kappa shape index (κ2) is 7.70. The normalized spacial score (nSPS) is 13.5. The van der Waals surface area contributed by atoms with Crippen molar-refractivity contribution in [1.29, 1.82) is 0 Å². The lowest BCUT2D eigenvalue weighted by atomic mass is 10.1. The fraction of sp³-hybridized carbons (Fsp3) is 0.211. The van der Waals surface area contributed by atoms with E-state index in [0.717, 1.165) is 23.5 Å². The number of fused-ring (bicyclic) bond motifs is 1. The van der Waals surface area contributed by atoms with Crippen LogP contribution in [0.2, 0.25) is 0 Å². The third-order valence-corrected chi connectivity index (χ3v) is 5.23. The molecule has 0 aliphatic heterocycles. The average Bonchev–Trinajstić information content (AvgIpc) is 3.04. The van der Waals surface area contributed by atoms with E-state index in [4.69, 9.17) is 4.74 Å². The molecule has 1 aromatic heterocycles. The van der Waals surface area contributed by atoms with Gasteiger partial charge in [-0.1, -0.05) is 23.5 Å². The summed E-state index contributed by atoms with van der Waals surface area (Å²) in [6.45, 7) is 1.41. The SMILES string of the molecule is COc1cccc2sc(=NC(=O)c3cccc(C(F)(F)F)c3)n(C(C)C(=O)O)c12. The third kappa shape index (κ3) is 4.02. The van der Waals surface area contributed by atoms with Gasteiger partial charge in [0.2, 0.25) is 0 Å². The van der Waals surface area contributed by atoms with Crippen LogP contribution in [0.15, 0.2) is 47.5 Å². The standard InChI is InChI=1S/C19H15F3N2O4S/c1-10(17(26)27)24-15-13(28-2)7-4-8-14(15)29-18(24)23-16(25)11-5-3-6-12(9-11)19(20,21)22/h3-10H,1-2H3,(H,26,27). The first-order chi connectivity index (χ1) is 13.6. The quantitative estimate of drug-likeness (QED) is 0.683. The minimum Gasteiger partial charge on any atom is -0.495 e. The molecule has 1 N–H and O–H groups in total. The molecule has 0 spiro atoms. The fourth-order valence-electron chi connectivity index (χ4n) is 2.76. The number of carbonyl (C=O) groups is 2. The zero-order chi connectivity index (χ0) is 21.3. The highest BCUT2D eigenvalue weighted by Crippen LogP contribution is 2.31. The second-order valence-electron chi connectivity index (χ2n) is 6.07. The number of hydrogen-bond donors (Lipinski definition) is 1. The van der Waals surface area contributed by atoms with Crippen LogP contribution in [-0.2, 0) is 11.0 Å². The van der Waals surface area contributed by atoms with Crippen LogP contribution in [0, 0.1) is 0 Å². The number of thiazole rings is 1. The molecule has 0 saturated heterocycles. The van der Waals surface area contributed by atoms with E-state index in [0.29, 0.717) is 22.0 Å². The topological polar surface area (TPSA) is 80.9 Å². The molecular weight excluding hydrogens is 409 g/mol. The Morgan fingerprint density at radius 1 is 1.21 bits per heavy atom. The van der Waals surface area contributed by atoms with Crippen LogP contribution >= 0.6 is 11.3 Å². The highest BCUT2D eigenvalue weighted by atomic mass is 32.1. The van der Waals surface area contributed by atoms with E-state index < -0.39 is 29.7 Å². The summed E-state index contributed by atoms with van der Waals surface area (Å²) in [5.74, 6) is -1.68.